The van der Waals surface area contributed by atoms with Gasteiger partial charge in [0.05, 0.1) is 24.8 Å². The van der Waals surface area contributed by atoms with Gasteiger partial charge in [-0.05, 0) is 32.9 Å². The van der Waals surface area contributed by atoms with Gasteiger partial charge in [-0.3, -0.25) is 5.43 Å². The van der Waals surface area contributed by atoms with Crippen LogP contribution < -0.4 is 11.2 Å². The van der Waals surface area contributed by atoms with E-state index in [2.05, 4.69) is 36.2 Å². The fourth-order valence-electron chi connectivity index (χ4n) is 2.13. The number of morpholine rings is 1. The molecule has 5 heteroatoms. The number of nitrogens with two attached hydrogens (primary N) is 1. The number of hydrazone groups is 1. The number of nitrogens with one attached hydrogen (secondary N) is 1. The molecule has 3 N–H and O–H groups in total. The second-order valence-electron chi connectivity index (χ2n) is 4.52. The van der Waals surface area contributed by atoms with Gasteiger partial charge in [-0.1, -0.05) is 0 Å². The molecule has 0 spiro atoms. The fourth-order valence-corrected chi connectivity index (χ4v) is 2.13. The first-order valence-corrected chi connectivity index (χ1v) is 5.76. The quantitative estimate of drug-likeness (QED) is 0.619. The van der Waals surface area contributed by atoms with Gasteiger partial charge in [0.15, 0.2) is 0 Å². The lowest BCUT2D eigenvalue weighted by Gasteiger charge is -2.44. The highest BCUT2D eigenvalue weighted by atomic mass is 16.5. The smallest absolute Gasteiger partial charge is 0.148 e. The number of hydrogen-bond donors (Lipinski definition) is 2. The Morgan fingerprint density at radius 2 is 2.25 bits per heavy atom. The van der Waals surface area contributed by atoms with Crippen molar-refractivity contribution in [3.05, 3.63) is 12.2 Å². The van der Waals surface area contributed by atoms with E-state index in [1.807, 2.05) is 12.2 Å². The third kappa shape index (κ3) is 2.05. The highest BCUT2D eigenvalue weighted by molar-refractivity contribution is 5.94. The van der Waals surface area contributed by atoms with Crippen LogP contribution in [-0.2, 0) is 4.74 Å². The second kappa shape index (κ2) is 4.43. The van der Waals surface area contributed by atoms with Crippen LogP contribution in [0, 0.1) is 0 Å². The van der Waals surface area contributed by atoms with Crippen LogP contribution in [0.25, 0.3) is 0 Å². The zero-order valence-electron chi connectivity index (χ0n) is 10.1. The minimum Gasteiger partial charge on any atom is -0.374 e. The van der Waals surface area contributed by atoms with E-state index in [0.717, 1.165) is 12.4 Å². The van der Waals surface area contributed by atoms with E-state index < -0.39 is 0 Å². The van der Waals surface area contributed by atoms with Crippen molar-refractivity contribution in [2.45, 2.75) is 45.1 Å². The van der Waals surface area contributed by atoms with Crippen LogP contribution in [0.4, 0.5) is 0 Å². The van der Waals surface area contributed by atoms with Crippen LogP contribution in [-0.4, -0.2) is 41.7 Å². The molecule has 0 aromatic carbocycles. The van der Waals surface area contributed by atoms with Gasteiger partial charge < -0.3 is 15.4 Å². The number of nitrogens with zero attached hydrogens (tertiary/aromatic N) is 2. The van der Waals surface area contributed by atoms with Crippen molar-refractivity contribution in [2.75, 3.05) is 6.61 Å². The van der Waals surface area contributed by atoms with E-state index in [1.165, 1.54) is 0 Å². The van der Waals surface area contributed by atoms with Crippen molar-refractivity contribution in [1.29, 1.82) is 0 Å². The van der Waals surface area contributed by atoms with Gasteiger partial charge >= 0.3 is 0 Å². The maximum absolute atomic E-state index is 5.68. The van der Waals surface area contributed by atoms with E-state index in [0.29, 0.717) is 12.1 Å². The van der Waals surface area contributed by atoms with Crippen molar-refractivity contribution in [3.8, 4) is 0 Å². The molecule has 0 amide bonds. The standard InChI is InChI=1S/C11H20N4O/c1-7-6-16-9(3)8(2)15(7)11-5-4-10(12)13-14-11/h4-5,7-10,13H,6,12H2,1-3H3. The number of amidine groups is 1. The van der Waals surface area contributed by atoms with Crippen molar-refractivity contribution >= 4 is 5.84 Å². The molecule has 0 radical (unpaired) electrons. The van der Waals surface area contributed by atoms with Crippen LogP contribution in [0.15, 0.2) is 17.3 Å². The molecule has 2 aliphatic heterocycles. The van der Waals surface area contributed by atoms with Crippen molar-refractivity contribution < 1.29 is 4.74 Å². The molecule has 0 saturated carbocycles. The predicted octanol–water partition coefficient (Wildman–Crippen LogP) is 0.242. The van der Waals surface area contributed by atoms with Gasteiger partial charge in [-0.2, -0.15) is 5.10 Å². The normalized spacial score (nSPS) is 39.2. The Kier molecular flexibility index (Phi) is 3.16. The lowest BCUT2D eigenvalue weighted by Crippen LogP contribution is -2.56. The molecule has 0 aliphatic carbocycles. The summed E-state index contributed by atoms with van der Waals surface area (Å²) in [6.45, 7) is 7.14. The average molecular weight is 224 g/mol. The highest BCUT2D eigenvalue weighted by Gasteiger charge is 2.32. The molecule has 5 nitrogen and oxygen atoms in total. The number of rotatable bonds is 0. The summed E-state index contributed by atoms with van der Waals surface area (Å²) >= 11 is 0. The molecule has 1 saturated heterocycles. The molecule has 2 heterocycles. The molecule has 16 heavy (non-hydrogen) atoms. The maximum Gasteiger partial charge on any atom is 0.148 e. The van der Waals surface area contributed by atoms with Gasteiger partial charge in [-0.15, -0.1) is 0 Å². The third-order valence-corrected chi connectivity index (χ3v) is 3.24. The lowest BCUT2D eigenvalue weighted by molar-refractivity contribution is -0.0556. The van der Waals surface area contributed by atoms with Crippen LogP contribution in [0.5, 0.6) is 0 Å². The Labute approximate surface area is 96.3 Å². The molecule has 4 unspecified atom stereocenters. The van der Waals surface area contributed by atoms with E-state index >= 15 is 0 Å². The first-order chi connectivity index (χ1) is 7.59. The molecule has 0 aromatic heterocycles. The molecular formula is C11H20N4O. The number of ether oxygens (including phenoxy) is 1. The minimum absolute atomic E-state index is 0.173. The van der Waals surface area contributed by atoms with Crippen molar-refractivity contribution in [1.82, 2.24) is 10.3 Å². The summed E-state index contributed by atoms with van der Waals surface area (Å²) in [5.74, 6) is 0.942. The molecule has 4 atom stereocenters. The summed E-state index contributed by atoms with van der Waals surface area (Å²) in [4.78, 5) is 2.28. The van der Waals surface area contributed by atoms with Crippen LogP contribution >= 0.6 is 0 Å². The summed E-state index contributed by atoms with van der Waals surface area (Å²) in [6, 6.07) is 0.661. The van der Waals surface area contributed by atoms with Crippen molar-refractivity contribution in [3.63, 3.8) is 0 Å². The predicted molar refractivity (Wildman–Crippen MR) is 63.9 cm³/mol. The first-order valence-electron chi connectivity index (χ1n) is 5.76. The minimum atomic E-state index is -0.173. The molecule has 2 rings (SSSR count). The third-order valence-electron chi connectivity index (χ3n) is 3.24. The monoisotopic (exact) mass is 224 g/mol. The molecule has 2 aliphatic rings. The SMILES string of the molecule is CC1OCC(C)N(C2=NNC(N)C=C2)C1C. The maximum atomic E-state index is 5.68. The van der Waals surface area contributed by atoms with E-state index in [9.17, 15) is 0 Å². The van der Waals surface area contributed by atoms with Gasteiger partial charge in [0.2, 0.25) is 0 Å². The Bertz CT molecular complexity index is 315. The van der Waals surface area contributed by atoms with Crippen LogP contribution in [0.1, 0.15) is 20.8 Å². The summed E-state index contributed by atoms with van der Waals surface area (Å²) in [5, 5.41) is 4.29. The molecule has 0 bridgehead atoms. The van der Waals surface area contributed by atoms with Gasteiger partial charge in [0.25, 0.3) is 0 Å². The fraction of sp³-hybridized carbons (Fsp3) is 0.727. The van der Waals surface area contributed by atoms with Gasteiger partial charge in [-0.25, -0.2) is 0 Å². The Balaban J connectivity index is 2.15. The van der Waals surface area contributed by atoms with E-state index in [1.54, 1.807) is 0 Å². The van der Waals surface area contributed by atoms with E-state index in [4.69, 9.17) is 10.5 Å². The topological polar surface area (TPSA) is 62.9 Å². The average Bonchev–Trinajstić information content (AvgIpc) is 2.27. The summed E-state index contributed by atoms with van der Waals surface area (Å²) in [5.41, 5.74) is 8.56. The first kappa shape index (κ1) is 11.4. The summed E-state index contributed by atoms with van der Waals surface area (Å²) in [6.07, 6.45) is 3.95. The summed E-state index contributed by atoms with van der Waals surface area (Å²) < 4.78 is 5.68. The largest absolute Gasteiger partial charge is 0.374 e. The Morgan fingerprint density at radius 1 is 1.50 bits per heavy atom. The van der Waals surface area contributed by atoms with Crippen molar-refractivity contribution in [2.24, 2.45) is 10.8 Å². The van der Waals surface area contributed by atoms with Crippen LogP contribution in [0.2, 0.25) is 0 Å². The molecule has 90 valence electrons. The molecule has 1 fully saturated rings. The van der Waals surface area contributed by atoms with Gasteiger partial charge in [0, 0.05) is 0 Å². The highest BCUT2D eigenvalue weighted by Crippen LogP contribution is 2.20. The molecular weight excluding hydrogens is 204 g/mol. The lowest BCUT2D eigenvalue weighted by atomic mass is 10.1. The second-order valence-corrected chi connectivity index (χ2v) is 4.52. The Hall–Kier alpha value is -1.07. The molecule has 0 aromatic rings. The summed E-state index contributed by atoms with van der Waals surface area (Å²) in [7, 11) is 0. The Morgan fingerprint density at radius 3 is 2.88 bits per heavy atom. The zero-order valence-corrected chi connectivity index (χ0v) is 10.1. The van der Waals surface area contributed by atoms with Gasteiger partial charge in [0.1, 0.15) is 12.0 Å². The number of hydrogen-bond acceptors (Lipinski definition) is 5. The van der Waals surface area contributed by atoms with Crippen LogP contribution in [0.3, 0.4) is 0 Å². The van der Waals surface area contributed by atoms with E-state index in [-0.39, 0.29) is 12.3 Å². The zero-order chi connectivity index (χ0) is 11.7.